The summed E-state index contributed by atoms with van der Waals surface area (Å²) >= 11 is 0. The third-order valence-corrected chi connectivity index (χ3v) is 5.31. The first kappa shape index (κ1) is 18.5. The second kappa shape index (κ2) is 6.94. The van der Waals surface area contributed by atoms with Crippen molar-refractivity contribution in [3.8, 4) is 0 Å². The third-order valence-electron chi connectivity index (χ3n) is 5.31. The summed E-state index contributed by atoms with van der Waals surface area (Å²) in [5, 5.41) is 0. The van der Waals surface area contributed by atoms with Gasteiger partial charge < -0.3 is 14.2 Å². The fraction of sp³-hybridized carbons (Fsp3) is 0.450. The molecule has 3 aromatic rings. The Morgan fingerprint density at radius 3 is 2.68 bits per heavy atom. The van der Waals surface area contributed by atoms with E-state index in [0.717, 1.165) is 17.8 Å². The molecule has 0 amide bonds. The van der Waals surface area contributed by atoms with Crippen LogP contribution < -0.4 is 16.1 Å². The highest BCUT2D eigenvalue weighted by Gasteiger charge is 2.29. The SMILES string of the molecule is CCOCCn1c(=O)c2c(nc3n2CCN3c2ccc(C)cc2C)n(C)c1=O. The second-order valence-electron chi connectivity index (χ2n) is 7.17. The molecule has 4 rings (SSSR count). The lowest BCUT2D eigenvalue weighted by molar-refractivity contribution is 0.137. The maximum atomic E-state index is 13.1. The lowest BCUT2D eigenvalue weighted by Gasteiger charge is -2.19. The number of hydrogen-bond donors (Lipinski definition) is 0. The van der Waals surface area contributed by atoms with Crippen molar-refractivity contribution in [1.82, 2.24) is 18.7 Å². The van der Waals surface area contributed by atoms with Crippen LogP contribution in [0.3, 0.4) is 0 Å². The van der Waals surface area contributed by atoms with E-state index >= 15 is 0 Å². The van der Waals surface area contributed by atoms with Crippen molar-refractivity contribution in [2.75, 3.05) is 24.7 Å². The fourth-order valence-electron chi connectivity index (χ4n) is 3.91. The molecule has 0 radical (unpaired) electrons. The van der Waals surface area contributed by atoms with Crippen molar-refractivity contribution in [2.45, 2.75) is 33.9 Å². The van der Waals surface area contributed by atoms with E-state index in [0.29, 0.717) is 36.9 Å². The van der Waals surface area contributed by atoms with Crippen LogP contribution in [0.1, 0.15) is 18.1 Å². The second-order valence-corrected chi connectivity index (χ2v) is 7.17. The highest BCUT2D eigenvalue weighted by Crippen LogP contribution is 2.33. The fourth-order valence-corrected chi connectivity index (χ4v) is 3.91. The molecule has 0 aliphatic carbocycles. The van der Waals surface area contributed by atoms with Gasteiger partial charge in [-0.3, -0.25) is 13.9 Å². The molecule has 0 saturated heterocycles. The highest BCUT2D eigenvalue weighted by atomic mass is 16.5. The molecule has 3 heterocycles. The van der Waals surface area contributed by atoms with Crippen molar-refractivity contribution in [2.24, 2.45) is 7.05 Å². The number of aryl methyl sites for hydroxylation is 3. The number of benzene rings is 1. The van der Waals surface area contributed by atoms with Crippen LogP contribution >= 0.6 is 0 Å². The molecule has 0 saturated carbocycles. The Morgan fingerprint density at radius 2 is 1.96 bits per heavy atom. The van der Waals surface area contributed by atoms with E-state index in [1.807, 2.05) is 11.5 Å². The molecule has 0 spiro atoms. The largest absolute Gasteiger partial charge is 0.380 e. The van der Waals surface area contributed by atoms with Gasteiger partial charge in [0.05, 0.1) is 13.2 Å². The predicted octanol–water partition coefficient (Wildman–Crippen LogP) is 1.70. The number of fused-ring (bicyclic) bond motifs is 3. The Labute approximate surface area is 162 Å². The van der Waals surface area contributed by atoms with Crippen LogP contribution in [0, 0.1) is 13.8 Å². The lowest BCUT2D eigenvalue weighted by atomic mass is 10.1. The molecule has 1 aliphatic rings. The quantitative estimate of drug-likeness (QED) is 0.627. The standard InChI is InChI=1S/C20H25N5O3/c1-5-28-11-10-25-18(26)16-17(22(4)20(25)27)21-19-23(8-9-24(16)19)15-7-6-13(2)12-14(15)3/h6-7,12H,5,8-11H2,1-4H3. The zero-order valence-electron chi connectivity index (χ0n) is 16.7. The molecule has 2 aromatic heterocycles. The van der Waals surface area contributed by atoms with Crippen molar-refractivity contribution in [3.63, 3.8) is 0 Å². The zero-order chi connectivity index (χ0) is 20.0. The average Bonchev–Trinajstić information content (AvgIpc) is 3.22. The first-order valence-corrected chi connectivity index (χ1v) is 9.56. The Kier molecular flexibility index (Phi) is 4.58. The molecule has 0 N–H and O–H groups in total. The minimum atomic E-state index is -0.368. The molecule has 0 atom stereocenters. The van der Waals surface area contributed by atoms with Crippen molar-refractivity contribution in [1.29, 1.82) is 0 Å². The van der Waals surface area contributed by atoms with E-state index in [2.05, 4.69) is 41.9 Å². The molecule has 8 heteroatoms. The van der Waals surface area contributed by atoms with Gasteiger partial charge in [0, 0.05) is 32.4 Å². The monoisotopic (exact) mass is 383 g/mol. The van der Waals surface area contributed by atoms with Crippen LogP contribution in [-0.4, -0.2) is 38.4 Å². The lowest BCUT2D eigenvalue weighted by Crippen LogP contribution is -2.40. The first-order chi connectivity index (χ1) is 13.4. The molecule has 28 heavy (non-hydrogen) atoms. The summed E-state index contributed by atoms with van der Waals surface area (Å²) in [7, 11) is 1.66. The van der Waals surface area contributed by atoms with Gasteiger partial charge in [0.25, 0.3) is 5.56 Å². The van der Waals surface area contributed by atoms with E-state index in [1.165, 1.54) is 14.7 Å². The summed E-state index contributed by atoms with van der Waals surface area (Å²) in [6.45, 7) is 8.52. The van der Waals surface area contributed by atoms with Gasteiger partial charge in [-0.05, 0) is 32.4 Å². The van der Waals surface area contributed by atoms with Crippen molar-refractivity contribution >= 4 is 22.8 Å². The van der Waals surface area contributed by atoms with Gasteiger partial charge in [0.2, 0.25) is 5.95 Å². The zero-order valence-corrected chi connectivity index (χ0v) is 16.7. The number of hydrogen-bond acceptors (Lipinski definition) is 5. The molecule has 0 unspecified atom stereocenters. The van der Waals surface area contributed by atoms with E-state index in [4.69, 9.17) is 4.74 Å². The topological polar surface area (TPSA) is 74.3 Å². The van der Waals surface area contributed by atoms with Crippen LogP contribution in [0.2, 0.25) is 0 Å². The van der Waals surface area contributed by atoms with Gasteiger partial charge in [-0.1, -0.05) is 17.7 Å². The molecule has 1 aromatic carbocycles. The van der Waals surface area contributed by atoms with Gasteiger partial charge in [0.15, 0.2) is 11.2 Å². The predicted molar refractivity (Wildman–Crippen MR) is 109 cm³/mol. The van der Waals surface area contributed by atoms with Crippen LogP contribution in [0.25, 0.3) is 11.2 Å². The molecular weight excluding hydrogens is 358 g/mol. The smallest absolute Gasteiger partial charge is 0.332 e. The van der Waals surface area contributed by atoms with E-state index in [1.54, 1.807) is 7.05 Å². The van der Waals surface area contributed by atoms with Gasteiger partial charge >= 0.3 is 5.69 Å². The number of ether oxygens (including phenoxy) is 1. The summed E-state index contributed by atoms with van der Waals surface area (Å²) < 4.78 is 9.95. The van der Waals surface area contributed by atoms with E-state index in [-0.39, 0.29) is 17.8 Å². The normalized spacial score (nSPS) is 13.5. The van der Waals surface area contributed by atoms with Gasteiger partial charge in [-0.25, -0.2) is 4.79 Å². The Hall–Kier alpha value is -2.87. The maximum Gasteiger partial charge on any atom is 0.332 e. The van der Waals surface area contributed by atoms with Crippen LogP contribution in [0.4, 0.5) is 11.6 Å². The molecule has 0 bridgehead atoms. The van der Waals surface area contributed by atoms with Gasteiger partial charge in [-0.15, -0.1) is 0 Å². The molecular formula is C20H25N5O3. The Bertz CT molecular complexity index is 1170. The van der Waals surface area contributed by atoms with E-state index in [9.17, 15) is 9.59 Å². The summed E-state index contributed by atoms with van der Waals surface area (Å²) in [4.78, 5) is 32.6. The minimum absolute atomic E-state index is 0.233. The molecule has 1 aliphatic heterocycles. The van der Waals surface area contributed by atoms with Crippen LogP contribution in [0.15, 0.2) is 27.8 Å². The van der Waals surface area contributed by atoms with Crippen LogP contribution in [-0.2, 0) is 24.9 Å². The summed E-state index contributed by atoms with van der Waals surface area (Å²) in [5.74, 6) is 0.705. The summed E-state index contributed by atoms with van der Waals surface area (Å²) in [5.41, 5.74) is 3.65. The minimum Gasteiger partial charge on any atom is -0.380 e. The maximum absolute atomic E-state index is 13.1. The molecule has 8 nitrogen and oxygen atoms in total. The number of anilines is 2. The van der Waals surface area contributed by atoms with E-state index < -0.39 is 0 Å². The summed E-state index contributed by atoms with van der Waals surface area (Å²) in [6.07, 6.45) is 0. The molecule has 0 fully saturated rings. The van der Waals surface area contributed by atoms with Crippen molar-refractivity contribution in [3.05, 3.63) is 50.2 Å². The number of rotatable bonds is 5. The number of aromatic nitrogens is 4. The average molecular weight is 383 g/mol. The molecule has 148 valence electrons. The van der Waals surface area contributed by atoms with Gasteiger partial charge in [-0.2, -0.15) is 4.98 Å². The number of imidazole rings is 1. The first-order valence-electron chi connectivity index (χ1n) is 9.56. The van der Waals surface area contributed by atoms with Gasteiger partial charge in [0.1, 0.15) is 0 Å². The van der Waals surface area contributed by atoms with Crippen molar-refractivity contribution < 1.29 is 4.74 Å². The summed E-state index contributed by atoms with van der Waals surface area (Å²) in [6, 6.07) is 6.29. The van der Waals surface area contributed by atoms with Crippen LogP contribution in [0.5, 0.6) is 0 Å². The number of nitrogens with zero attached hydrogens (tertiary/aromatic N) is 5. The Morgan fingerprint density at radius 1 is 1.18 bits per heavy atom. The Balaban J connectivity index is 1.87. The highest BCUT2D eigenvalue weighted by molar-refractivity contribution is 5.78. The third kappa shape index (κ3) is 2.75.